The molecular weight excluding hydrogens is 558 g/mol. The van der Waals surface area contributed by atoms with Crippen molar-refractivity contribution in [1.29, 1.82) is 0 Å². The van der Waals surface area contributed by atoms with Crippen LogP contribution in [0.4, 0.5) is 22.7 Å². The Morgan fingerprint density at radius 2 is 1.56 bits per heavy atom. The van der Waals surface area contributed by atoms with Gasteiger partial charge in [0.1, 0.15) is 5.69 Å². The zero-order valence-electron chi connectivity index (χ0n) is 27.4. The van der Waals surface area contributed by atoms with Crippen molar-refractivity contribution < 1.29 is 9.90 Å². The normalized spacial score (nSPS) is 12.8. The number of amides is 1. The maximum atomic E-state index is 13.4. The number of phenolic OH excluding ortho intramolecular Hbond substituents is 1. The van der Waals surface area contributed by atoms with E-state index in [2.05, 4.69) is 48.3 Å². The molecule has 4 rings (SSSR count). The Morgan fingerprint density at radius 3 is 2.24 bits per heavy atom. The van der Waals surface area contributed by atoms with Gasteiger partial charge in [0, 0.05) is 35.9 Å². The molecule has 7 heteroatoms. The lowest BCUT2D eigenvalue weighted by atomic mass is 9.84. The maximum absolute atomic E-state index is 13.4. The van der Waals surface area contributed by atoms with Crippen LogP contribution in [0.3, 0.4) is 0 Å². The van der Waals surface area contributed by atoms with Gasteiger partial charge in [-0.1, -0.05) is 95.7 Å². The molecule has 0 fully saturated rings. The first kappa shape index (κ1) is 33.7. The molecule has 0 radical (unpaired) electrons. The first-order valence-electron chi connectivity index (χ1n) is 16.5. The minimum Gasteiger partial charge on any atom is -0.505 e. The molecule has 1 amide bonds. The molecule has 0 heterocycles. The molecule has 1 atom stereocenters. The summed E-state index contributed by atoms with van der Waals surface area (Å²) in [6, 6.07) is 24.8. The van der Waals surface area contributed by atoms with Crippen molar-refractivity contribution in [3.05, 3.63) is 90.0 Å². The molecule has 238 valence electrons. The number of nitrogens with one attached hydrogen (secondary N) is 1. The molecule has 0 aliphatic carbocycles. The molecule has 45 heavy (non-hydrogen) atoms. The molecule has 0 bridgehead atoms. The molecule has 0 aliphatic heterocycles. The summed E-state index contributed by atoms with van der Waals surface area (Å²) in [6.45, 7) is 7.47. The largest absolute Gasteiger partial charge is 0.505 e. The minimum atomic E-state index is -0.415. The predicted molar refractivity (Wildman–Crippen MR) is 188 cm³/mol. The number of unbranched alkanes of at least 4 members (excludes halogenated alkanes) is 5. The van der Waals surface area contributed by atoms with E-state index in [0.717, 1.165) is 48.9 Å². The summed E-state index contributed by atoms with van der Waals surface area (Å²) in [4.78, 5) is 15.7. The van der Waals surface area contributed by atoms with Crippen LogP contribution >= 0.6 is 0 Å². The van der Waals surface area contributed by atoms with Crippen molar-refractivity contribution in [2.24, 2.45) is 16.0 Å². The van der Waals surface area contributed by atoms with Crippen LogP contribution < -0.4 is 16.0 Å². The fraction of sp³-hybridized carbons (Fsp3) is 0.395. The van der Waals surface area contributed by atoms with Crippen molar-refractivity contribution in [1.82, 2.24) is 0 Å². The van der Waals surface area contributed by atoms with Crippen LogP contribution in [-0.4, -0.2) is 24.6 Å². The van der Waals surface area contributed by atoms with E-state index in [1.807, 2.05) is 72.8 Å². The van der Waals surface area contributed by atoms with Gasteiger partial charge in [-0.3, -0.25) is 4.79 Å². The standard InChI is InChI=1S/C38H49N5O2/c1-5-8-9-10-11-14-26-43(4)32-23-21-30(22-24-32)40-37(45)34-27-28-15-12-13-16-33(28)35(36(34)44)42-41-31-19-17-29(18-20-31)38(39,7-3)25-6-2/h12-13,15-24,27,44H,5-11,14,25-26,39H2,1-4H3,(H,40,45). The summed E-state index contributed by atoms with van der Waals surface area (Å²) < 4.78 is 0. The van der Waals surface area contributed by atoms with Crippen LogP contribution in [0.25, 0.3) is 10.8 Å². The summed E-state index contributed by atoms with van der Waals surface area (Å²) in [5.74, 6) is -0.626. The van der Waals surface area contributed by atoms with Crippen LogP contribution in [0.2, 0.25) is 0 Å². The van der Waals surface area contributed by atoms with E-state index in [-0.39, 0.29) is 22.5 Å². The van der Waals surface area contributed by atoms with Gasteiger partial charge in [-0.25, -0.2) is 0 Å². The molecule has 7 nitrogen and oxygen atoms in total. The van der Waals surface area contributed by atoms with Crippen molar-refractivity contribution in [2.45, 2.75) is 84.1 Å². The summed E-state index contributed by atoms with van der Waals surface area (Å²) >= 11 is 0. The van der Waals surface area contributed by atoms with Gasteiger partial charge >= 0.3 is 0 Å². The number of anilines is 2. The number of aromatic hydroxyl groups is 1. The average Bonchev–Trinajstić information content (AvgIpc) is 3.06. The second kappa shape index (κ2) is 16.2. The molecule has 4 aromatic carbocycles. The third-order valence-corrected chi connectivity index (χ3v) is 8.69. The molecular formula is C38H49N5O2. The summed E-state index contributed by atoms with van der Waals surface area (Å²) in [7, 11) is 2.10. The van der Waals surface area contributed by atoms with Crippen LogP contribution in [0.15, 0.2) is 89.1 Å². The van der Waals surface area contributed by atoms with Crippen molar-refractivity contribution >= 4 is 39.4 Å². The Hall–Kier alpha value is -4.23. The first-order chi connectivity index (χ1) is 21.8. The van der Waals surface area contributed by atoms with Crippen LogP contribution in [0.5, 0.6) is 5.75 Å². The summed E-state index contributed by atoms with van der Waals surface area (Å²) in [5, 5.41) is 24.6. The van der Waals surface area contributed by atoms with Gasteiger partial charge in [0.2, 0.25) is 0 Å². The Morgan fingerprint density at radius 1 is 0.867 bits per heavy atom. The lowest BCUT2D eigenvalue weighted by molar-refractivity contribution is 0.102. The SMILES string of the molecule is CCCCCCCCN(C)c1ccc(NC(=O)c2cc3ccccc3c(N=Nc3ccc(C(N)(CC)CCC)cc3)c2O)cc1. The van der Waals surface area contributed by atoms with Crippen molar-refractivity contribution in [3.63, 3.8) is 0 Å². The van der Waals surface area contributed by atoms with Gasteiger partial charge in [-0.2, -0.15) is 5.11 Å². The lowest BCUT2D eigenvalue weighted by Gasteiger charge is -2.28. The van der Waals surface area contributed by atoms with Gasteiger partial charge in [0.25, 0.3) is 5.91 Å². The van der Waals surface area contributed by atoms with E-state index >= 15 is 0 Å². The third-order valence-electron chi connectivity index (χ3n) is 8.69. The predicted octanol–water partition coefficient (Wildman–Crippen LogP) is 10.4. The van der Waals surface area contributed by atoms with Crippen LogP contribution in [-0.2, 0) is 5.54 Å². The summed E-state index contributed by atoms with van der Waals surface area (Å²) in [5.41, 5.74) is 10.1. The molecule has 1 unspecified atom stereocenters. The monoisotopic (exact) mass is 607 g/mol. The first-order valence-corrected chi connectivity index (χ1v) is 16.5. The smallest absolute Gasteiger partial charge is 0.259 e. The van der Waals surface area contributed by atoms with Gasteiger partial charge < -0.3 is 21.1 Å². The maximum Gasteiger partial charge on any atom is 0.259 e. The zero-order chi connectivity index (χ0) is 32.2. The molecule has 0 spiro atoms. The fourth-order valence-electron chi connectivity index (χ4n) is 5.79. The lowest BCUT2D eigenvalue weighted by Crippen LogP contribution is -2.35. The molecule has 4 aromatic rings. The third kappa shape index (κ3) is 8.70. The Balaban J connectivity index is 1.49. The number of nitrogens with zero attached hydrogens (tertiary/aromatic N) is 3. The molecule has 0 aliphatic rings. The number of fused-ring (bicyclic) bond motifs is 1. The van der Waals surface area contributed by atoms with Crippen LogP contribution in [0, 0.1) is 0 Å². The Bertz CT molecular complexity index is 1570. The zero-order valence-corrected chi connectivity index (χ0v) is 27.4. The Labute approximate surface area is 268 Å². The van der Waals surface area contributed by atoms with Gasteiger partial charge in [-0.05, 0) is 72.7 Å². The second-order valence-corrected chi connectivity index (χ2v) is 12.0. The molecule has 4 N–H and O–H groups in total. The highest BCUT2D eigenvalue weighted by Gasteiger charge is 2.24. The van der Waals surface area contributed by atoms with E-state index in [4.69, 9.17) is 5.73 Å². The van der Waals surface area contributed by atoms with Crippen molar-refractivity contribution in [2.75, 3.05) is 23.8 Å². The number of nitrogens with two attached hydrogens (primary N) is 1. The molecule has 0 saturated carbocycles. The number of carbonyl (C=O) groups excluding carboxylic acids is 1. The van der Waals surface area contributed by atoms with Crippen molar-refractivity contribution in [3.8, 4) is 5.75 Å². The Kier molecular flexibility index (Phi) is 12.1. The topological polar surface area (TPSA) is 103 Å². The number of benzene rings is 4. The highest BCUT2D eigenvalue weighted by atomic mass is 16.3. The fourth-order valence-corrected chi connectivity index (χ4v) is 5.79. The summed E-state index contributed by atoms with van der Waals surface area (Å²) in [6.07, 6.45) is 10.3. The van der Waals surface area contributed by atoms with E-state index in [0.29, 0.717) is 16.8 Å². The highest BCUT2D eigenvalue weighted by Crippen LogP contribution is 2.40. The number of phenols is 1. The average molecular weight is 608 g/mol. The van der Waals surface area contributed by atoms with Gasteiger partial charge in [0.15, 0.2) is 5.75 Å². The van der Waals surface area contributed by atoms with E-state index in [1.54, 1.807) is 6.07 Å². The number of azo groups is 1. The highest BCUT2D eigenvalue weighted by molar-refractivity contribution is 6.11. The quantitative estimate of drug-likeness (QED) is 0.0870. The molecule has 0 saturated heterocycles. The molecule has 0 aromatic heterocycles. The number of hydrogen-bond donors (Lipinski definition) is 3. The number of hydrogen-bond acceptors (Lipinski definition) is 6. The van der Waals surface area contributed by atoms with Gasteiger partial charge in [0.05, 0.1) is 11.3 Å². The number of rotatable bonds is 16. The van der Waals surface area contributed by atoms with E-state index in [1.165, 1.54) is 32.1 Å². The van der Waals surface area contributed by atoms with E-state index in [9.17, 15) is 9.90 Å². The van der Waals surface area contributed by atoms with E-state index < -0.39 is 5.91 Å². The minimum absolute atomic E-state index is 0.137. The van der Waals surface area contributed by atoms with Crippen LogP contribution in [0.1, 0.15) is 94.5 Å². The number of carbonyl (C=O) groups is 1. The second-order valence-electron chi connectivity index (χ2n) is 12.0. The van der Waals surface area contributed by atoms with Gasteiger partial charge in [-0.15, -0.1) is 5.11 Å².